The van der Waals surface area contributed by atoms with E-state index in [2.05, 4.69) is 20.6 Å². The molecule has 304 valence electrons. The van der Waals surface area contributed by atoms with E-state index in [1.54, 1.807) is 4.90 Å². The number of thiophene rings is 1. The fourth-order valence-electron chi connectivity index (χ4n) is 8.15. The molecule has 0 unspecified atom stereocenters. The van der Waals surface area contributed by atoms with E-state index >= 15 is 4.79 Å². The minimum absolute atomic E-state index is 0.0490. The van der Waals surface area contributed by atoms with Gasteiger partial charge in [0.1, 0.15) is 24.2 Å². The van der Waals surface area contributed by atoms with E-state index in [0.29, 0.717) is 32.2 Å². The van der Waals surface area contributed by atoms with Gasteiger partial charge in [0, 0.05) is 43.4 Å². The number of amides is 4. The summed E-state index contributed by atoms with van der Waals surface area (Å²) >= 11 is 1.45. The Bertz CT molecular complexity index is 1760. The van der Waals surface area contributed by atoms with Gasteiger partial charge in [-0.1, -0.05) is 43.2 Å². The van der Waals surface area contributed by atoms with Crippen LogP contribution in [-0.2, 0) is 43.4 Å². The molecule has 1 saturated carbocycles. The molecule has 17 nitrogen and oxygen atoms in total. The highest BCUT2D eigenvalue weighted by atomic mass is 32.1. The van der Waals surface area contributed by atoms with Crippen molar-refractivity contribution in [2.75, 3.05) is 13.1 Å². The Morgan fingerprint density at radius 2 is 1.54 bits per heavy atom. The van der Waals surface area contributed by atoms with Crippen molar-refractivity contribution in [2.45, 2.75) is 113 Å². The molecule has 56 heavy (non-hydrogen) atoms. The second-order valence-electron chi connectivity index (χ2n) is 14.8. The van der Waals surface area contributed by atoms with Crippen molar-refractivity contribution in [2.24, 2.45) is 44.6 Å². The maximum Gasteiger partial charge on any atom is 0.326 e. The third-order valence-corrected chi connectivity index (χ3v) is 11.8. The largest absolute Gasteiger partial charge is 0.480 e. The molecule has 2 aromatic rings. The van der Waals surface area contributed by atoms with Gasteiger partial charge in [-0.25, -0.2) is 4.79 Å². The highest BCUT2D eigenvalue weighted by molar-refractivity contribution is 7.09. The number of nitrogens with two attached hydrogens (primary N) is 5. The van der Waals surface area contributed by atoms with E-state index in [1.165, 1.54) is 16.2 Å². The molecule has 2 aliphatic heterocycles. The first-order valence-electron chi connectivity index (χ1n) is 19.3. The Kier molecular flexibility index (Phi) is 14.7. The Labute approximate surface area is 330 Å². The number of carboxylic acids is 1. The van der Waals surface area contributed by atoms with Gasteiger partial charge >= 0.3 is 5.97 Å². The second kappa shape index (κ2) is 19.6. The Hall–Kier alpha value is -5.23. The molecule has 3 heterocycles. The van der Waals surface area contributed by atoms with Gasteiger partial charge in [0.15, 0.2) is 11.9 Å². The zero-order valence-electron chi connectivity index (χ0n) is 31.6. The van der Waals surface area contributed by atoms with Gasteiger partial charge in [-0.3, -0.25) is 29.2 Å². The van der Waals surface area contributed by atoms with Gasteiger partial charge in [-0.15, -0.1) is 11.3 Å². The van der Waals surface area contributed by atoms with Gasteiger partial charge in [0.05, 0.1) is 6.04 Å². The first-order chi connectivity index (χ1) is 26.8. The Morgan fingerprint density at radius 3 is 2.20 bits per heavy atom. The van der Waals surface area contributed by atoms with Gasteiger partial charge < -0.3 is 54.2 Å². The van der Waals surface area contributed by atoms with Gasteiger partial charge in [-0.05, 0) is 73.4 Å². The molecule has 13 N–H and O–H groups in total. The SMILES string of the molecule is NC(N)=NCCC[C@H](NC(=O)[C@@H]1C[C@@H]2CCCC[C@@H]2N1C(=O)[C@H]1Cc2ccccc2CN1C(=O)[C@H](Cc1cccs1)NC(=O)[C@@H](N)CCCN=C(N)N)C(=O)O. The lowest BCUT2D eigenvalue weighted by Gasteiger charge is -2.42. The molecular formula is C38H55N11O6S. The summed E-state index contributed by atoms with van der Waals surface area (Å²) in [6.07, 6.45) is 5.26. The summed E-state index contributed by atoms with van der Waals surface area (Å²) in [6, 6.07) is 6.00. The van der Waals surface area contributed by atoms with Crippen molar-refractivity contribution in [1.82, 2.24) is 20.4 Å². The molecule has 4 amide bonds. The number of carboxylic acid groups (broad SMARTS) is 1. The van der Waals surface area contributed by atoms with Gasteiger partial charge in [0.25, 0.3) is 0 Å². The van der Waals surface area contributed by atoms with Crippen molar-refractivity contribution in [3.05, 3.63) is 57.8 Å². The number of carbonyl (C=O) groups excluding carboxylic acids is 4. The molecule has 18 heteroatoms. The first kappa shape index (κ1) is 41.9. The maximum absolute atomic E-state index is 15.1. The quantitative estimate of drug-likeness (QED) is 0.0594. The number of hydrogen-bond acceptors (Lipinski definition) is 9. The topological polar surface area (TPSA) is 291 Å². The number of hydrogen-bond donors (Lipinski definition) is 8. The molecule has 1 aliphatic carbocycles. The molecule has 2 fully saturated rings. The number of aliphatic imine (C=N–C) groups is 2. The van der Waals surface area contributed by atoms with E-state index < -0.39 is 53.9 Å². The summed E-state index contributed by atoms with van der Waals surface area (Å²) in [4.78, 5) is 81.6. The third kappa shape index (κ3) is 10.7. The van der Waals surface area contributed by atoms with Crippen LogP contribution >= 0.6 is 11.3 Å². The van der Waals surface area contributed by atoms with Crippen LogP contribution in [0.3, 0.4) is 0 Å². The molecule has 1 aromatic carbocycles. The van der Waals surface area contributed by atoms with E-state index in [-0.39, 0.29) is 68.6 Å². The average Bonchev–Trinajstić information content (AvgIpc) is 3.84. The fraction of sp³-hybridized carbons (Fsp3) is 0.553. The van der Waals surface area contributed by atoms with Crippen LogP contribution in [0.5, 0.6) is 0 Å². The summed E-state index contributed by atoms with van der Waals surface area (Å²) < 4.78 is 0. The molecule has 5 rings (SSSR count). The van der Waals surface area contributed by atoms with Crippen molar-refractivity contribution < 1.29 is 29.1 Å². The molecular weight excluding hydrogens is 739 g/mol. The van der Waals surface area contributed by atoms with Crippen LogP contribution in [0.4, 0.5) is 0 Å². The second-order valence-corrected chi connectivity index (χ2v) is 15.8. The lowest BCUT2D eigenvalue weighted by atomic mass is 9.84. The monoisotopic (exact) mass is 793 g/mol. The molecule has 0 bridgehead atoms. The third-order valence-electron chi connectivity index (χ3n) is 10.9. The smallest absolute Gasteiger partial charge is 0.326 e. The maximum atomic E-state index is 15.1. The highest BCUT2D eigenvalue weighted by Gasteiger charge is 2.51. The zero-order valence-corrected chi connectivity index (χ0v) is 32.4. The molecule has 1 aromatic heterocycles. The predicted octanol–water partition coefficient (Wildman–Crippen LogP) is -0.107. The first-order valence-corrected chi connectivity index (χ1v) is 20.1. The zero-order chi connectivity index (χ0) is 40.4. The van der Waals surface area contributed by atoms with E-state index in [4.69, 9.17) is 28.7 Å². The number of aliphatic carboxylic acids is 1. The number of likely N-dealkylation sites (tertiary alicyclic amines) is 1. The lowest BCUT2D eigenvalue weighted by Crippen LogP contribution is -2.62. The summed E-state index contributed by atoms with van der Waals surface area (Å²) in [6.45, 7) is 0.612. The number of guanidine groups is 2. The normalized spacial score (nSPS) is 21.7. The Morgan fingerprint density at radius 1 is 0.857 bits per heavy atom. The van der Waals surface area contributed by atoms with Crippen molar-refractivity contribution in [1.29, 1.82) is 0 Å². The number of carbonyl (C=O) groups is 5. The van der Waals surface area contributed by atoms with E-state index in [1.807, 2.05) is 41.8 Å². The molecule has 7 atom stereocenters. The Balaban J connectivity index is 1.42. The summed E-state index contributed by atoms with van der Waals surface area (Å²) in [5, 5.41) is 17.4. The summed E-state index contributed by atoms with van der Waals surface area (Å²) in [5.41, 5.74) is 29.7. The summed E-state index contributed by atoms with van der Waals surface area (Å²) in [5.74, 6) is -3.21. The van der Waals surface area contributed by atoms with Crippen LogP contribution in [0.1, 0.15) is 73.8 Å². The van der Waals surface area contributed by atoms with Gasteiger partial charge in [-0.2, -0.15) is 0 Å². The van der Waals surface area contributed by atoms with E-state index in [9.17, 15) is 24.3 Å². The van der Waals surface area contributed by atoms with Crippen molar-refractivity contribution in [3.63, 3.8) is 0 Å². The number of rotatable bonds is 17. The van der Waals surface area contributed by atoms with Gasteiger partial charge in [0.2, 0.25) is 23.6 Å². The van der Waals surface area contributed by atoms with Crippen LogP contribution < -0.4 is 39.3 Å². The molecule has 3 aliphatic rings. The molecule has 0 spiro atoms. The lowest BCUT2D eigenvalue weighted by molar-refractivity contribution is -0.153. The highest BCUT2D eigenvalue weighted by Crippen LogP contribution is 2.41. The average molecular weight is 794 g/mol. The number of nitrogens with zero attached hydrogens (tertiary/aromatic N) is 4. The van der Waals surface area contributed by atoms with Crippen LogP contribution in [-0.4, -0.2) is 106 Å². The predicted molar refractivity (Wildman–Crippen MR) is 213 cm³/mol. The number of nitrogens with one attached hydrogen (secondary N) is 2. The minimum Gasteiger partial charge on any atom is -0.480 e. The number of benzene rings is 1. The fourth-order valence-corrected chi connectivity index (χ4v) is 8.90. The molecule has 0 radical (unpaired) electrons. The van der Waals surface area contributed by atoms with Crippen LogP contribution in [0.25, 0.3) is 0 Å². The molecule has 1 saturated heterocycles. The minimum atomic E-state index is -1.21. The van der Waals surface area contributed by atoms with E-state index in [0.717, 1.165) is 35.3 Å². The van der Waals surface area contributed by atoms with Crippen LogP contribution in [0.2, 0.25) is 0 Å². The number of fused-ring (bicyclic) bond motifs is 2. The summed E-state index contributed by atoms with van der Waals surface area (Å²) in [7, 11) is 0. The van der Waals surface area contributed by atoms with Crippen molar-refractivity contribution in [3.8, 4) is 0 Å². The van der Waals surface area contributed by atoms with Crippen molar-refractivity contribution >= 4 is 52.9 Å². The van der Waals surface area contributed by atoms with Crippen LogP contribution in [0, 0.1) is 5.92 Å². The standard InChI is InChI=1S/C38H55N11O6S/c39-26(12-5-15-44-37(40)41)32(50)47-28(20-25-11-7-17-56-25)34(52)48-21-24-10-2-1-8-22(24)18-31(48)35(53)49-29-14-4-3-9-23(29)19-30(49)33(51)46-27(36(54)55)13-6-16-45-38(42)43/h1-2,7-8,10-11,17,23,26-31H,3-6,9,12-16,18-21,39H2,(H,46,51)(H,47,50)(H,54,55)(H4,40,41,44)(H4,42,43,45)/t23-,26-,27-,28-,29-,30-,31+/m0/s1. The van der Waals surface area contributed by atoms with Crippen LogP contribution in [0.15, 0.2) is 51.8 Å².